The molecule has 0 radical (unpaired) electrons. The molecule has 0 amide bonds. The molecule has 0 bridgehead atoms. The predicted molar refractivity (Wildman–Crippen MR) is 82.2 cm³/mol. The van der Waals surface area contributed by atoms with Crippen LogP contribution in [0.3, 0.4) is 0 Å². The Morgan fingerprint density at radius 3 is 2.54 bits per heavy atom. The lowest BCUT2D eigenvalue weighted by molar-refractivity contribution is -0.143. The quantitative estimate of drug-likeness (QED) is 0.873. The molecule has 0 atom stereocenters. The number of nitrogens with one attached hydrogen (secondary N) is 1. The number of alkyl halides is 3. The number of halogens is 3. The molecule has 0 saturated carbocycles. The maximum atomic E-state index is 12.5. The molecule has 1 N–H and O–H groups in total. The number of ether oxygens (including phenoxy) is 1. The molecule has 1 aromatic carbocycles. The highest BCUT2D eigenvalue weighted by atomic mass is 19.4. The fourth-order valence-electron chi connectivity index (χ4n) is 1.93. The van der Waals surface area contributed by atoms with E-state index >= 15 is 0 Å². The van der Waals surface area contributed by atoms with Crippen molar-refractivity contribution in [1.29, 1.82) is 0 Å². The van der Waals surface area contributed by atoms with Gasteiger partial charge < -0.3 is 10.1 Å². The average molecular weight is 343 g/mol. The third-order valence-electron chi connectivity index (χ3n) is 3.05. The summed E-state index contributed by atoms with van der Waals surface area (Å²) < 4.78 is 43.9. The van der Waals surface area contributed by atoms with Gasteiger partial charge in [0.1, 0.15) is 6.54 Å². The minimum Gasteiger partial charge on any atom is -0.377 e. The summed E-state index contributed by atoms with van der Waals surface area (Å²) in [5.41, 5.74) is 1.38. The van der Waals surface area contributed by atoms with Crippen molar-refractivity contribution < 1.29 is 17.9 Å². The van der Waals surface area contributed by atoms with Crippen LogP contribution in [0.25, 0.3) is 0 Å². The Labute approximate surface area is 138 Å². The molecular weight excluding hydrogens is 323 g/mol. The number of hydrogen-bond donors (Lipinski definition) is 1. The normalized spacial score (nSPS) is 12.4. The lowest BCUT2D eigenvalue weighted by Crippen LogP contribution is -2.22. The first-order chi connectivity index (χ1) is 11.1. The van der Waals surface area contributed by atoms with E-state index in [2.05, 4.69) is 20.8 Å². The molecule has 132 valence electrons. The van der Waals surface area contributed by atoms with Crippen molar-refractivity contribution in [3.05, 3.63) is 35.7 Å². The lowest BCUT2D eigenvalue weighted by Gasteiger charge is -2.21. The highest BCUT2D eigenvalue weighted by Gasteiger charge is 2.30. The number of rotatable bonds is 6. The molecule has 0 saturated heterocycles. The minimum atomic E-state index is -4.37. The van der Waals surface area contributed by atoms with Gasteiger partial charge in [-0.1, -0.05) is 18.2 Å². The van der Waals surface area contributed by atoms with Crippen LogP contribution in [-0.4, -0.2) is 32.0 Å². The molecule has 0 aliphatic heterocycles. The van der Waals surface area contributed by atoms with E-state index in [0.717, 1.165) is 15.9 Å². The Morgan fingerprint density at radius 2 is 1.88 bits per heavy atom. The molecule has 6 nitrogen and oxygen atoms in total. The molecular formula is C15H20F3N5O. The molecule has 0 spiro atoms. The van der Waals surface area contributed by atoms with E-state index in [9.17, 15) is 13.2 Å². The first kappa shape index (κ1) is 18.2. The summed E-state index contributed by atoms with van der Waals surface area (Å²) >= 11 is 0. The molecule has 0 aliphatic carbocycles. The summed E-state index contributed by atoms with van der Waals surface area (Å²) in [5.74, 6) is 0.110. The van der Waals surface area contributed by atoms with Crippen LogP contribution in [0.4, 0.5) is 18.9 Å². The van der Waals surface area contributed by atoms with E-state index in [-0.39, 0.29) is 18.0 Å². The maximum Gasteiger partial charge on any atom is 0.408 e. The van der Waals surface area contributed by atoms with Crippen molar-refractivity contribution >= 4 is 5.69 Å². The molecule has 0 fully saturated rings. The van der Waals surface area contributed by atoms with Crippen LogP contribution in [-0.2, 0) is 24.4 Å². The molecule has 1 heterocycles. The molecule has 24 heavy (non-hydrogen) atoms. The zero-order chi connectivity index (χ0) is 17.8. The summed E-state index contributed by atoms with van der Waals surface area (Å²) in [5, 5.41) is 13.4. The second-order valence-corrected chi connectivity index (χ2v) is 6.28. The zero-order valence-corrected chi connectivity index (χ0v) is 13.8. The first-order valence-corrected chi connectivity index (χ1v) is 7.41. The van der Waals surface area contributed by atoms with Crippen LogP contribution in [0.1, 0.15) is 32.2 Å². The Kier molecular flexibility index (Phi) is 5.43. The van der Waals surface area contributed by atoms with Gasteiger partial charge in [-0.2, -0.15) is 13.2 Å². The summed E-state index contributed by atoms with van der Waals surface area (Å²) in [6.45, 7) is 5.11. The Hall–Kier alpha value is -2.16. The number of aromatic nitrogens is 4. The Bertz CT molecular complexity index is 664. The number of anilines is 1. The molecule has 1 aromatic heterocycles. The average Bonchev–Trinajstić information content (AvgIpc) is 2.88. The van der Waals surface area contributed by atoms with Gasteiger partial charge >= 0.3 is 6.18 Å². The monoisotopic (exact) mass is 343 g/mol. The molecule has 2 aromatic rings. The van der Waals surface area contributed by atoms with Crippen molar-refractivity contribution in [2.24, 2.45) is 0 Å². The number of nitrogens with zero attached hydrogens (tertiary/aromatic N) is 4. The van der Waals surface area contributed by atoms with Crippen molar-refractivity contribution in [3.63, 3.8) is 0 Å². The third kappa shape index (κ3) is 5.80. The fraction of sp³-hybridized carbons (Fsp3) is 0.533. The zero-order valence-electron chi connectivity index (χ0n) is 13.8. The summed E-state index contributed by atoms with van der Waals surface area (Å²) in [4.78, 5) is 0. The second kappa shape index (κ2) is 7.16. The fourth-order valence-corrected chi connectivity index (χ4v) is 1.93. The highest BCUT2D eigenvalue weighted by molar-refractivity contribution is 5.50. The van der Waals surface area contributed by atoms with Crippen LogP contribution < -0.4 is 5.32 Å². The highest BCUT2D eigenvalue weighted by Crippen LogP contribution is 2.21. The molecule has 2 rings (SSSR count). The lowest BCUT2D eigenvalue weighted by atomic mass is 10.1. The van der Waals surface area contributed by atoms with Crippen LogP contribution in [0.5, 0.6) is 0 Å². The van der Waals surface area contributed by atoms with Gasteiger partial charge in [0.2, 0.25) is 0 Å². The van der Waals surface area contributed by atoms with Gasteiger partial charge in [0.05, 0.1) is 18.8 Å². The first-order valence-electron chi connectivity index (χ1n) is 7.41. The topological polar surface area (TPSA) is 64.9 Å². The largest absolute Gasteiger partial charge is 0.408 e. The molecule has 9 heteroatoms. The Morgan fingerprint density at radius 1 is 1.17 bits per heavy atom. The van der Waals surface area contributed by atoms with E-state index in [0.29, 0.717) is 6.61 Å². The predicted octanol–water partition coefficient (Wildman–Crippen LogP) is 3.16. The van der Waals surface area contributed by atoms with Gasteiger partial charge in [-0.15, -0.1) is 5.10 Å². The van der Waals surface area contributed by atoms with Crippen molar-refractivity contribution in [2.45, 2.75) is 52.2 Å². The number of tetrazole rings is 1. The van der Waals surface area contributed by atoms with Gasteiger partial charge in [0.15, 0.2) is 5.82 Å². The smallest absolute Gasteiger partial charge is 0.377 e. The van der Waals surface area contributed by atoms with Crippen LogP contribution in [0, 0.1) is 0 Å². The van der Waals surface area contributed by atoms with Crippen LogP contribution in [0.2, 0.25) is 0 Å². The van der Waals surface area contributed by atoms with Gasteiger partial charge in [-0.05, 0) is 37.3 Å². The number of hydrogen-bond acceptors (Lipinski definition) is 5. The second-order valence-electron chi connectivity index (χ2n) is 6.28. The van der Waals surface area contributed by atoms with E-state index in [1.54, 1.807) is 0 Å². The number of para-hydroxylation sites is 1. The van der Waals surface area contributed by atoms with E-state index < -0.39 is 12.7 Å². The molecule has 0 unspecified atom stereocenters. The van der Waals surface area contributed by atoms with Crippen molar-refractivity contribution in [2.75, 3.05) is 5.32 Å². The van der Waals surface area contributed by atoms with E-state index in [1.165, 1.54) is 0 Å². The third-order valence-corrected chi connectivity index (χ3v) is 3.05. The number of benzene rings is 1. The summed E-state index contributed by atoms with van der Waals surface area (Å²) in [6, 6.07) is 7.44. The van der Waals surface area contributed by atoms with Gasteiger partial charge in [-0.25, -0.2) is 4.68 Å². The summed E-state index contributed by atoms with van der Waals surface area (Å²) in [7, 11) is 0. The Balaban J connectivity index is 2.04. The van der Waals surface area contributed by atoms with Crippen LogP contribution >= 0.6 is 0 Å². The minimum absolute atomic E-state index is 0.0790. The maximum absolute atomic E-state index is 12.5. The van der Waals surface area contributed by atoms with E-state index in [4.69, 9.17) is 4.74 Å². The van der Waals surface area contributed by atoms with E-state index in [1.807, 2.05) is 45.0 Å². The van der Waals surface area contributed by atoms with Crippen molar-refractivity contribution in [1.82, 2.24) is 20.2 Å². The summed E-state index contributed by atoms with van der Waals surface area (Å²) in [6.07, 6.45) is -4.37. The van der Waals surface area contributed by atoms with Crippen LogP contribution in [0.15, 0.2) is 24.3 Å². The van der Waals surface area contributed by atoms with Gasteiger partial charge in [-0.3, -0.25) is 0 Å². The van der Waals surface area contributed by atoms with Gasteiger partial charge in [0.25, 0.3) is 0 Å². The van der Waals surface area contributed by atoms with Crippen molar-refractivity contribution in [3.8, 4) is 0 Å². The molecule has 0 aliphatic rings. The standard InChI is InChI=1S/C15H20F3N5O/c1-14(2,3)24-9-11-6-4-5-7-12(11)19-8-13-20-21-22-23(13)10-15(16,17)18/h4-7,19H,8-10H2,1-3H3. The SMILES string of the molecule is CC(C)(C)OCc1ccccc1NCc1nnnn1CC(F)(F)F. The van der Waals surface area contributed by atoms with Gasteiger partial charge in [0, 0.05) is 11.3 Å².